The number of benzene rings is 1. The molecule has 0 bridgehead atoms. The van der Waals surface area contributed by atoms with Crippen LogP contribution in [-0.4, -0.2) is 83.7 Å². The Morgan fingerprint density at radius 2 is 1.67 bits per heavy atom. The molecule has 1 aromatic carbocycles. The third-order valence-corrected chi connectivity index (χ3v) is 7.56. The van der Waals surface area contributed by atoms with Crippen molar-refractivity contribution in [3.8, 4) is 0 Å². The highest BCUT2D eigenvalue weighted by Gasteiger charge is 2.53. The Bertz CT molecular complexity index is 1040. The molecule has 4 aliphatic rings. The number of carbonyl (C=O) groups is 2. The van der Waals surface area contributed by atoms with Gasteiger partial charge in [-0.1, -0.05) is 44.2 Å². The van der Waals surface area contributed by atoms with E-state index in [0.717, 1.165) is 44.7 Å². The Balaban J connectivity index is 0.00000130. The molecule has 1 aromatic heterocycles. The number of nitrogens with zero attached hydrogens (tertiary/aromatic N) is 6. The van der Waals surface area contributed by atoms with E-state index >= 15 is 0 Å². The fourth-order valence-corrected chi connectivity index (χ4v) is 5.61. The van der Waals surface area contributed by atoms with Crippen molar-refractivity contribution in [3.63, 3.8) is 0 Å². The Morgan fingerprint density at radius 3 is 2.25 bits per heavy atom. The minimum Gasteiger partial charge on any atom is -0.446 e. The molecule has 0 N–H and O–H groups in total. The lowest BCUT2D eigenvalue weighted by Crippen LogP contribution is -2.64. The molecule has 4 heterocycles. The summed E-state index contributed by atoms with van der Waals surface area (Å²) in [5.41, 5.74) is 2.45. The number of ether oxygens (including phenoxy) is 1. The second kappa shape index (κ2) is 10.4. The van der Waals surface area contributed by atoms with Gasteiger partial charge in [0.15, 0.2) is 0 Å². The van der Waals surface area contributed by atoms with Crippen LogP contribution < -0.4 is 9.80 Å². The summed E-state index contributed by atoms with van der Waals surface area (Å²) >= 11 is 0. The van der Waals surface area contributed by atoms with Crippen molar-refractivity contribution in [3.05, 3.63) is 48.3 Å². The van der Waals surface area contributed by atoms with E-state index in [1.54, 1.807) is 22.2 Å². The quantitative estimate of drug-likeness (QED) is 0.593. The number of hydrogen-bond donors (Lipinski definition) is 0. The lowest BCUT2D eigenvalue weighted by Gasteiger charge is -2.58. The van der Waals surface area contributed by atoms with Gasteiger partial charge in [-0.2, -0.15) is 0 Å². The second-order valence-corrected chi connectivity index (χ2v) is 10.1. The zero-order valence-electron chi connectivity index (χ0n) is 21.3. The molecule has 9 nitrogen and oxygen atoms in total. The zero-order chi connectivity index (χ0) is 25.1. The van der Waals surface area contributed by atoms with E-state index in [4.69, 9.17) is 4.74 Å². The fourth-order valence-electron chi connectivity index (χ4n) is 5.61. The maximum Gasteiger partial charge on any atom is 0.410 e. The number of anilines is 2. The van der Waals surface area contributed by atoms with Crippen LogP contribution in [0.25, 0.3) is 0 Å². The van der Waals surface area contributed by atoms with Crippen LogP contribution in [-0.2, 0) is 16.1 Å². The van der Waals surface area contributed by atoms with Crippen LogP contribution in [0.15, 0.2) is 42.7 Å². The summed E-state index contributed by atoms with van der Waals surface area (Å²) in [6.45, 7) is 10.4. The predicted octanol–water partition coefficient (Wildman–Crippen LogP) is 3.16. The highest BCUT2D eigenvalue weighted by atomic mass is 16.6. The van der Waals surface area contributed by atoms with E-state index in [2.05, 4.69) is 50.1 Å². The van der Waals surface area contributed by atoms with Gasteiger partial charge in [-0.05, 0) is 18.4 Å². The van der Waals surface area contributed by atoms with Crippen molar-refractivity contribution in [2.75, 3.05) is 55.6 Å². The third-order valence-electron chi connectivity index (χ3n) is 7.56. The van der Waals surface area contributed by atoms with Crippen molar-refractivity contribution in [1.29, 1.82) is 0 Å². The molecule has 1 spiro atoms. The molecule has 4 fully saturated rings. The number of rotatable bonds is 5. The maximum atomic E-state index is 12.7. The van der Waals surface area contributed by atoms with Gasteiger partial charge in [-0.3, -0.25) is 9.69 Å². The van der Waals surface area contributed by atoms with Crippen molar-refractivity contribution >= 4 is 23.6 Å². The number of aromatic nitrogens is 2. The van der Waals surface area contributed by atoms with Crippen LogP contribution in [0.1, 0.15) is 38.7 Å². The highest BCUT2D eigenvalue weighted by molar-refractivity contribution is 5.99. The predicted molar refractivity (Wildman–Crippen MR) is 138 cm³/mol. The standard InChI is InChI=1S/C25H30N6O3.C2H6/c32-22-6-7-31(22)20-14-26-23(27-15-20)29-8-10-30(11-9-29)24(33)34-21-12-25(13-21)17-28(18-25)16-19-4-2-1-3-5-19;1-2/h1-5,14-15,21H,6-13,16-18H2;1-2H3. The summed E-state index contributed by atoms with van der Waals surface area (Å²) in [7, 11) is 0. The summed E-state index contributed by atoms with van der Waals surface area (Å²) in [5.74, 6) is 0.749. The van der Waals surface area contributed by atoms with Gasteiger partial charge in [0, 0.05) is 64.2 Å². The minimum absolute atomic E-state index is 0.0458. The zero-order valence-corrected chi connectivity index (χ0v) is 21.3. The van der Waals surface area contributed by atoms with Gasteiger partial charge < -0.3 is 19.4 Å². The molecule has 36 heavy (non-hydrogen) atoms. The average Bonchev–Trinajstić information content (AvgIpc) is 2.87. The molecule has 192 valence electrons. The van der Waals surface area contributed by atoms with Crippen molar-refractivity contribution in [2.45, 2.75) is 45.8 Å². The molecule has 0 unspecified atom stereocenters. The second-order valence-electron chi connectivity index (χ2n) is 10.1. The molecule has 9 heteroatoms. The van der Waals surface area contributed by atoms with Crippen LogP contribution in [0.2, 0.25) is 0 Å². The number of piperazine rings is 1. The molecule has 0 atom stereocenters. The Hall–Kier alpha value is -3.20. The molecule has 3 aliphatic heterocycles. The maximum absolute atomic E-state index is 12.7. The largest absolute Gasteiger partial charge is 0.446 e. The van der Waals surface area contributed by atoms with E-state index < -0.39 is 0 Å². The summed E-state index contributed by atoms with van der Waals surface area (Å²) in [4.78, 5) is 41.1. The molecule has 1 aliphatic carbocycles. The van der Waals surface area contributed by atoms with Gasteiger partial charge in [-0.25, -0.2) is 14.8 Å². The molecular weight excluding hydrogens is 456 g/mol. The number of β-lactam (4-membered cyclic amide) rings is 1. The van der Waals surface area contributed by atoms with Crippen LogP contribution >= 0.6 is 0 Å². The van der Waals surface area contributed by atoms with E-state index in [1.807, 2.05) is 13.8 Å². The molecule has 2 amide bonds. The molecule has 1 saturated carbocycles. The number of hydrogen-bond acceptors (Lipinski definition) is 7. The molecule has 0 radical (unpaired) electrons. The summed E-state index contributed by atoms with van der Waals surface area (Å²) in [6, 6.07) is 10.6. The van der Waals surface area contributed by atoms with Gasteiger partial charge in [-0.15, -0.1) is 0 Å². The Morgan fingerprint density at radius 1 is 1.00 bits per heavy atom. The minimum atomic E-state index is -0.201. The van der Waals surface area contributed by atoms with Gasteiger partial charge in [0.2, 0.25) is 11.9 Å². The number of amides is 2. The van der Waals surface area contributed by atoms with Crippen molar-refractivity contribution in [2.24, 2.45) is 5.41 Å². The van der Waals surface area contributed by atoms with Gasteiger partial charge in [0.1, 0.15) is 6.10 Å². The van der Waals surface area contributed by atoms with Crippen LogP contribution in [0, 0.1) is 5.41 Å². The summed E-state index contributed by atoms with van der Waals surface area (Å²) < 4.78 is 5.80. The van der Waals surface area contributed by atoms with Crippen molar-refractivity contribution in [1.82, 2.24) is 19.8 Å². The topological polar surface area (TPSA) is 82.1 Å². The first kappa shape index (κ1) is 24.5. The van der Waals surface area contributed by atoms with E-state index in [9.17, 15) is 9.59 Å². The Labute approximate surface area is 213 Å². The SMILES string of the molecule is CC.O=C(OC1CC2(C1)CN(Cc1ccccc1)C2)N1CCN(c2ncc(N3CCC3=O)cn2)CC1. The summed E-state index contributed by atoms with van der Waals surface area (Å²) in [5, 5.41) is 0. The number of likely N-dealkylation sites (tertiary alicyclic amines) is 1. The molecular formula is C27H36N6O3. The smallest absolute Gasteiger partial charge is 0.410 e. The first-order valence-corrected chi connectivity index (χ1v) is 13.2. The molecule has 2 aromatic rings. The molecule has 3 saturated heterocycles. The average molecular weight is 493 g/mol. The highest BCUT2D eigenvalue weighted by Crippen LogP contribution is 2.50. The monoisotopic (exact) mass is 492 g/mol. The van der Waals surface area contributed by atoms with Gasteiger partial charge in [0.05, 0.1) is 18.1 Å². The van der Waals surface area contributed by atoms with E-state index in [1.165, 1.54) is 5.56 Å². The Kier molecular flexibility index (Phi) is 7.09. The first-order valence-electron chi connectivity index (χ1n) is 13.2. The van der Waals surface area contributed by atoms with Crippen LogP contribution in [0.5, 0.6) is 0 Å². The third kappa shape index (κ3) is 5.02. The lowest BCUT2D eigenvalue weighted by atomic mass is 9.61. The lowest BCUT2D eigenvalue weighted by molar-refractivity contribution is -0.136. The summed E-state index contributed by atoms with van der Waals surface area (Å²) in [6.07, 6.45) is 5.79. The van der Waals surface area contributed by atoms with Gasteiger partial charge >= 0.3 is 6.09 Å². The fraction of sp³-hybridized carbons (Fsp3) is 0.556. The van der Waals surface area contributed by atoms with Crippen molar-refractivity contribution < 1.29 is 14.3 Å². The normalized spacial score (nSPS) is 21.2. The van der Waals surface area contributed by atoms with Crippen LogP contribution in [0.4, 0.5) is 16.4 Å². The van der Waals surface area contributed by atoms with Crippen LogP contribution in [0.3, 0.4) is 0 Å². The molecule has 6 rings (SSSR count). The number of carbonyl (C=O) groups excluding carboxylic acids is 2. The van der Waals surface area contributed by atoms with Gasteiger partial charge in [0.25, 0.3) is 0 Å². The van der Waals surface area contributed by atoms with E-state index in [-0.39, 0.29) is 18.1 Å². The first-order chi connectivity index (χ1) is 17.6. The van der Waals surface area contributed by atoms with E-state index in [0.29, 0.717) is 44.0 Å².